The smallest absolute Gasteiger partial charge is 0.241 e. The van der Waals surface area contributed by atoms with Crippen LogP contribution in [0.1, 0.15) is 24.2 Å². The lowest BCUT2D eigenvalue weighted by atomic mass is 9.73. The van der Waals surface area contributed by atoms with Crippen LogP contribution in [0, 0.1) is 11.8 Å². The van der Waals surface area contributed by atoms with E-state index in [1.165, 1.54) is 6.92 Å². The van der Waals surface area contributed by atoms with Gasteiger partial charge in [-0.1, -0.05) is 12.2 Å². The highest BCUT2D eigenvalue weighted by Crippen LogP contribution is 2.57. The Morgan fingerprint density at radius 3 is 2.38 bits per heavy atom. The Bertz CT molecular complexity index is 798. The molecule has 0 saturated carbocycles. The summed E-state index contributed by atoms with van der Waals surface area (Å²) in [5.74, 6) is -2.16. The van der Waals surface area contributed by atoms with Gasteiger partial charge in [-0.05, 0) is 38.1 Å². The number of anilines is 1. The van der Waals surface area contributed by atoms with Crippen molar-refractivity contribution in [2.45, 2.75) is 25.0 Å². The molecule has 0 spiro atoms. The van der Waals surface area contributed by atoms with Crippen LogP contribution in [0.4, 0.5) is 5.69 Å². The predicted octanol–water partition coefficient (Wildman–Crippen LogP) is 1.08. The summed E-state index contributed by atoms with van der Waals surface area (Å²) >= 11 is 0. The van der Waals surface area contributed by atoms with Gasteiger partial charge in [0, 0.05) is 5.56 Å². The summed E-state index contributed by atoms with van der Waals surface area (Å²) in [5, 5.41) is 9.77. The SMILES string of the molecule is CC(=O)c1ccc(N2C(=O)[C@@H]3[C@H](C2=O)[C@@]2(C)C=C[C@@]3(CO)O2)cc1. The Morgan fingerprint density at radius 2 is 1.79 bits per heavy atom. The van der Waals surface area contributed by atoms with Crippen molar-refractivity contribution >= 4 is 23.3 Å². The molecule has 0 unspecified atom stereocenters. The minimum Gasteiger partial charge on any atom is -0.393 e. The number of aliphatic hydroxyl groups excluding tert-OH is 1. The lowest BCUT2D eigenvalue weighted by Crippen LogP contribution is -2.43. The number of hydrogen-bond donors (Lipinski definition) is 1. The number of nitrogens with zero attached hydrogens (tertiary/aromatic N) is 1. The van der Waals surface area contributed by atoms with Gasteiger partial charge in [0.05, 0.1) is 29.7 Å². The lowest BCUT2D eigenvalue weighted by molar-refractivity contribution is -0.131. The predicted molar refractivity (Wildman–Crippen MR) is 84.4 cm³/mol. The molecule has 3 aliphatic heterocycles. The van der Waals surface area contributed by atoms with E-state index in [1.54, 1.807) is 43.3 Å². The highest BCUT2D eigenvalue weighted by Gasteiger charge is 2.72. The third-order valence-corrected chi connectivity index (χ3v) is 5.34. The number of imide groups is 1. The van der Waals surface area contributed by atoms with Crippen molar-refractivity contribution in [3.63, 3.8) is 0 Å². The first-order chi connectivity index (χ1) is 11.3. The third kappa shape index (κ3) is 1.70. The van der Waals surface area contributed by atoms with Gasteiger partial charge in [-0.3, -0.25) is 14.4 Å². The average Bonchev–Trinajstić information content (AvgIpc) is 3.14. The number of aliphatic hydroxyl groups is 1. The highest BCUT2D eigenvalue weighted by atomic mass is 16.5. The van der Waals surface area contributed by atoms with Gasteiger partial charge < -0.3 is 9.84 Å². The normalized spacial score (nSPS) is 36.5. The van der Waals surface area contributed by atoms with Crippen LogP contribution in [-0.4, -0.2) is 40.5 Å². The van der Waals surface area contributed by atoms with Crippen LogP contribution in [0.2, 0.25) is 0 Å². The topological polar surface area (TPSA) is 83.9 Å². The van der Waals surface area contributed by atoms with Crippen LogP contribution in [0.5, 0.6) is 0 Å². The number of carbonyl (C=O) groups is 3. The van der Waals surface area contributed by atoms with Crippen LogP contribution in [0.15, 0.2) is 36.4 Å². The highest BCUT2D eigenvalue weighted by molar-refractivity contribution is 6.23. The molecule has 1 aromatic rings. The fourth-order valence-corrected chi connectivity index (χ4v) is 4.14. The quantitative estimate of drug-likeness (QED) is 0.510. The number of fused-ring (bicyclic) bond motifs is 5. The standard InChI is InChI=1S/C18H17NO5/c1-10(21)11-3-5-12(6-4-11)19-15(22)13-14(16(19)23)18(9-20)8-7-17(13,2)24-18/h3-8,13-14,20H,9H2,1-2H3/t13-,14+,17-,18+/m1/s1. The molecule has 2 fully saturated rings. The van der Waals surface area contributed by atoms with Crippen LogP contribution in [0.3, 0.4) is 0 Å². The number of carbonyl (C=O) groups excluding carboxylic acids is 3. The van der Waals surface area contributed by atoms with E-state index in [-0.39, 0.29) is 24.2 Å². The van der Waals surface area contributed by atoms with E-state index in [4.69, 9.17) is 4.74 Å². The van der Waals surface area contributed by atoms with Crippen LogP contribution in [-0.2, 0) is 14.3 Å². The Hall–Kier alpha value is -2.31. The molecular weight excluding hydrogens is 310 g/mol. The van der Waals surface area contributed by atoms with E-state index < -0.39 is 23.0 Å². The van der Waals surface area contributed by atoms with Crippen molar-refractivity contribution in [3.8, 4) is 0 Å². The summed E-state index contributed by atoms with van der Waals surface area (Å²) in [7, 11) is 0. The third-order valence-electron chi connectivity index (χ3n) is 5.34. The zero-order valence-corrected chi connectivity index (χ0v) is 13.4. The molecule has 6 heteroatoms. The van der Waals surface area contributed by atoms with E-state index in [2.05, 4.69) is 0 Å². The zero-order valence-electron chi connectivity index (χ0n) is 13.4. The van der Waals surface area contributed by atoms with E-state index in [0.717, 1.165) is 4.90 Å². The Kier molecular flexibility index (Phi) is 2.93. The molecule has 2 amide bonds. The summed E-state index contributed by atoms with van der Waals surface area (Å²) in [6.07, 6.45) is 3.46. The molecule has 3 aliphatic rings. The summed E-state index contributed by atoms with van der Waals surface area (Å²) in [5.41, 5.74) is -1.06. The van der Waals surface area contributed by atoms with Crippen molar-refractivity contribution in [3.05, 3.63) is 42.0 Å². The minimum absolute atomic E-state index is 0.0834. The number of Topliss-reactive ketones (excluding diaryl/α,β-unsaturated/α-hetero) is 1. The summed E-state index contributed by atoms with van der Waals surface area (Å²) in [6, 6.07) is 6.38. The summed E-state index contributed by atoms with van der Waals surface area (Å²) in [6.45, 7) is 2.87. The molecule has 24 heavy (non-hydrogen) atoms. The molecule has 2 bridgehead atoms. The van der Waals surface area contributed by atoms with Crippen LogP contribution < -0.4 is 4.90 Å². The molecule has 1 aromatic carbocycles. The van der Waals surface area contributed by atoms with E-state index >= 15 is 0 Å². The first-order valence-electron chi connectivity index (χ1n) is 7.83. The summed E-state index contributed by atoms with van der Waals surface area (Å²) < 4.78 is 5.87. The van der Waals surface area contributed by atoms with Gasteiger partial charge in [0.25, 0.3) is 0 Å². The molecule has 6 nitrogen and oxygen atoms in total. The van der Waals surface area contributed by atoms with Crippen LogP contribution >= 0.6 is 0 Å². The fourth-order valence-electron chi connectivity index (χ4n) is 4.14. The number of amides is 2. The number of hydrogen-bond acceptors (Lipinski definition) is 5. The van der Waals surface area contributed by atoms with E-state index in [0.29, 0.717) is 11.3 Å². The molecule has 0 radical (unpaired) electrons. The van der Waals surface area contributed by atoms with E-state index in [9.17, 15) is 19.5 Å². The molecular formula is C18H17NO5. The maximum absolute atomic E-state index is 12.9. The van der Waals surface area contributed by atoms with Gasteiger partial charge in [-0.15, -0.1) is 0 Å². The maximum Gasteiger partial charge on any atom is 0.241 e. The van der Waals surface area contributed by atoms with Crippen molar-refractivity contribution in [2.24, 2.45) is 11.8 Å². The second-order valence-corrected chi connectivity index (χ2v) is 6.80. The molecule has 0 aliphatic carbocycles. The molecule has 124 valence electrons. The molecule has 0 aromatic heterocycles. The first-order valence-corrected chi connectivity index (χ1v) is 7.83. The number of ketones is 1. The van der Waals surface area contributed by atoms with E-state index in [1.807, 2.05) is 0 Å². The Labute approximate surface area is 138 Å². The van der Waals surface area contributed by atoms with Gasteiger partial charge in [0.1, 0.15) is 5.60 Å². The van der Waals surface area contributed by atoms with Crippen molar-refractivity contribution in [1.82, 2.24) is 0 Å². The molecule has 4 atom stereocenters. The van der Waals surface area contributed by atoms with Crippen LogP contribution in [0.25, 0.3) is 0 Å². The first kappa shape index (κ1) is 15.2. The second-order valence-electron chi connectivity index (χ2n) is 6.80. The molecule has 3 heterocycles. The van der Waals surface area contributed by atoms with Gasteiger partial charge >= 0.3 is 0 Å². The second kappa shape index (κ2) is 4.62. The minimum atomic E-state index is -1.12. The molecule has 2 saturated heterocycles. The number of ether oxygens (including phenoxy) is 1. The Morgan fingerprint density at radius 1 is 1.17 bits per heavy atom. The lowest BCUT2D eigenvalue weighted by Gasteiger charge is -2.27. The van der Waals surface area contributed by atoms with Crippen molar-refractivity contribution < 1.29 is 24.2 Å². The zero-order chi connectivity index (χ0) is 17.3. The summed E-state index contributed by atoms with van der Waals surface area (Å²) in [4.78, 5) is 38.4. The number of benzene rings is 1. The monoisotopic (exact) mass is 327 g/mol. The maximum atomic E-state index is 12.9. The fraction of sp³-hybridized carbons (Fsp3) is 0.389. The van der Waals surface area contributed by atoms with Crippen molar-refractivity contribution in [2.75, 3.05) is 11.5 Å². The Balaban J connectivity index is 1.75. The molecule has 4 rings (SSSR count). The largest absolute Gasteiger partial charge is 0.393 e. The van der Waals surface area contributed by atoms with Gasteiger partial charge in [-0.25, -0.2) is 4.90 Å². The van der Waals surface area contributed by atoms with Gasteiger partial charge in [0.2, 0.25) is 11.8 Å². The average molecular weight is 327 g/mol. The van der Waals surface area contributed by atoms with Gasteiger partial charge in [-0.2, -0.15) is 0 Å². The number of rotatable bonds is 3. The van der Waals surface area contributed by atoms with Crippen molar-refractivity contribution in [1.29, 1.82) is 0 Å². The van der Waals surface area contributed by atoms with Gasteiger partial charge in [0.15, 0.2) is 5.78 Å². The molecule has 1 N–H and O–H groups in total.